The van der Waals surface area contributed by atoms with Crippen LogP contribution in [0.15, 0.2) is 23.1 Å². The first-order chi connectivity index (χ1) is 9.09. The van der Waals surface area contributed by atoms with E-state index in [1.807, 2.05) is 0 Å². The first-order valence-electron chi connectivity index (χ1n) is 6.28. The molecule has 0 radical (unpaired) electrons. The number of carboxylic acids is 1. The molecule has 0 saturated heterocycles. The summed E-state index contributed by atoms with van der Waals surface area (Å²) < 4.78 is 0. The van der Waals surface area contributed by atoms with Crippen LogP contribution in [0.1, 0.15) is 42.5 Å². The smallest absolute Gasteiger partial charge is 0.303 e. The molecule has 0 fully saturated rings. The fourth-order valence-electron chi connectivity index (χ4n) is 1.64. The fraction of sp³-hybridized carbons (Fsp3) is 0.462. The molecule has 0 aliphatic rings. The number of rotatable bonds is 8. The zero-order chi connectivity index (χ0) is 14.1. The Hall–Kier alpha value is -2.11. The number of H-pyrrole nitrogens is 1. The van der Waals surface area contributed by atoms with E-state index in [0.717, 1.165) is 19.3 Å². The summed E-state index contributed by atoms with van der Waals surface area (Å²) in [6.07, 6.45) is 4.81. The molecular weight excluding hydrogens is 248 g/mol. The first kappa shape index (κ1) is 14.9. The lowest BCUT2D eigenvalue weighted by atomic mass is 10.1. The van der Waals surface area contributed by atoms with Gasteiger partial charge in [-0.2, -0.15) is 0 Å². The normalized spacial score (nSPS) is 10.1. The molecule has 0 unspecified atom stereocenters. The number of hydrogen-bond donors (Lipinski definition) is 3. The average Bonchev–Trinajstić information content (AvgIpc) is 2.37. The quantitative estimate of drug-likeness (QED) is 0.614. The molecule has 104 valence electrons. The van der Waals surface area contributed by atoms with Gasteiger partial charge in [0, 0.05) is 30.8 Å². The molecule has 0 spiro atoms. The molecule has 0 aliphatic carbocycles. The number of nitrogens with one attached hydrogen (secondary N) is 2. The van der Waals surface area contributed by atoms with Gasteiger partial charge in [-0.15, -0.1) is 0 Å². The summed E-state index contributed by atoms with van der Waals surface area (Å²) in [6, 6.07) is 2.80. The van der Waals surface area contributed by atoms with Gasteiger partial charge in [0.15, 0.2) is 0 Å². The number of aliphatic carboxylic acids is 1. The molecule has 0 saturated carbocycles. The zero-order valence-electron chi connectivity index (χ0n) is 10.6. The average molecular weight is 266 g/mol. The Balaban J connectivity index is 2.14. The van der Waals surface area contributed by atoms with E-state index < -0.39 is 5.97 Å². The highest BCUT2D eigenvalue weighted by molar-refractivity contribution is 5.93. The van der Waals surface area contributed by atoms with E-state index in [4.69, 9.17) is 5.11 Å². The van der Waals surface area contributed by atoms with E-state index in [1.54, 1.807) is 6.07 Å². The summed E-state index contributed by atoms with van der Waals surface area (Å²) in [5.74, 6) is -1.04. The van der Waals surface area contributed by atoms with Crippen LogP contribution < -0.4 is 10.9 Å². The van der Waals surface area contributed by atoms with Crippen molar-refractivity contribution in [2.24, 2.45) is 0 Å². The van der Waals surface area contributed by atoms with Crippen LogP contribution in [0, 0.1) is 0 Å². The van der Waals surface area contributed by atoms with Gasteiger partial charge < -0.3 is 15.4 Å². The molecule has 6 nitrogen and oxygen atoms in total. The third-order valence-corrected chi connectivity index (χ3v) is 2.64. The van der Waals surface area contributed by atoms with Crippen LogP contribution in [0.2, 0.25) is 0 Å². The highest BCUT2D eigenvalue weighted by Gasteiger charge is 2.04. The molecule has 1 rings (SSSR count). The van der Waals surface area contributed by atoms with Crippen LogP contribution in [0.3, 0.4) is 0 Å². The summed E-state index contributed by atoms with van der Waals surface area (Å²) >= 11 is 0. The number of pyridine rings is 1. The number of aromatic amines is 1. The van der Waals surface area contributed by atoms with Crippen molar-refractivity contribution in [3.05, 3.63) is 34.2 Å². The van der Waals surface area contributed by atoms with Crippen molar-refractivity contribution in [3.63, 3.8) is 0 Å². The summed E-state index contributed by atoms with van der Waals surface area (Å²) in [6.45, 7) is 0.526. The standard InChI is InChI=1S/C13H18N2O4/c16-11-9-10(6-8-14-11)13(19)15-7-4-2-1-3-5-12(17)18/h6,8-9H,1-5,7H2,(H,14,16)(H,15,19)(H,17,18). The van der Waals surface area contributed by atoms with Crippen LogP contribution in [-0.2, 0) is 4.79 Å². The third kappa shape index (κ3) is 6.40. The molecular formula is C13H18N2O4. The summed E-state index contributed by atoms with van der Waals surface area (Å²) in [5, 5.41) is 11.2. The van der Waals surface area contributed by atoms with Crippen molar-refractivity contribution in [1.29, 1.82) is 0 Å². The molecule has 0 aromatic carbocycles. The maximum Gasteiger partial charge on any atom is 0.303 e. The van der Waals surface area contributed by atoms with E-state index >= 15 is 0 Å². The summed E-state index contributed by atoms with van der Waals surface area (Å²) in [7, 11) is 0. The maximum absolute atomic E-state index is 11.6. The number of amides is 1. The van der Waals surface area contributed by atoms with Crippen molar-refractivity contribution in [2.75, 3.05) is 6.54 Å². The number of carboxylic acid groups (broad SMARTS) is 1. The molecule has 1 heterocycles. The Bertz CT molecular complexity index is 482. The molecule has 1 aromatic heterocycles. The van der Waals surface area contributed by atoms with E-state index in [-0.39, 0.29) is 17.9 Å². The summed E-state index contributed by atoms with van der Waals surface area (Å²) in [5.41, 5.74) is 0.0379. The zero-order valence-corrected chi connectivity index (χ0v) is 10.6. The van der Waals surface area contributed by atoms with Gasteiger partial charge in [0.2, 0.25) is 5.56 Å². The molecule has 3 N–H and O–H groups in total. The van der Waals surface area contributed by atoms with Crippen LogP contribution >= 0.6 is 0 Å². The first-order valence-corrected chi connectivity index (χ1v) is 6.28. The number of unbranched alkanes of at least 4 members (excludes halogenated alkanes) is 3. The predicted molar refractivity (Wildman–Crippen MR) is 70.1 cm³/mol. The van der Waals surface area contributed by atoms with E-state index in [9.17, 15) is 14.4 Å². The van der Waals surface area contributed by atoms with Crippen LogP contribution in [0.4, 0.5) is 0 Å². The second-order valence-corrected chi connectivity index (χ2v) is 4.26. The second-order valence-electron chi connectivity index (χ2n) is 4.26. The SMILES string of the molecule is O=C(O)CCCCCCNC(=O)c1cc[nH]c(=O)c1. The Labute approximate surface area is 110 Å². The minimum absolute atomic E-state index is 0.194. The van der Waals surface area contributed by atoms with Crippen molar-refractivity contribution in [1.82, 2.24) is 10.3 Å². The van der Waals surface area contributed by atoms with Crippen molar-refractivity contribution < 1.29 is 14.7 Å². The minimum atomic E-state index is -0.775. The van der Waals surface area contributed by atoms with Gasteiger partial charge in [-0.1, -0.05) is 12.8 Å². The lowest BCUT2D eigenvalue weighted by Crippen LogP contribution is -2.25. The van der Waals surface area contributed by atoms with Crippen LogP contribution in [0.5, 0.6) is 0 Å². The maximum atomic E-state index is 11.6. The second kappa shape index (κ2) is 8.07. The molecule has 1 aromatic rings. The van der Waals surface area contributed by atoms with Gasteiger partial charge in [-0.25, -0.2) is 0 Å². The number of hydrogen-bond acceptors (Lipinski definition) is 3. The molecule has 6 heteroatoms. The number of carbonyl (C=O) groups excluding carboxylic acids is 1. The van der Waals surface area contributed by atoms with Gasteiger partial charge in [0.25, 0.3) is 5.91 Å². The molecule has 1 amide bonds. The van der Waals surface area contributed by atoms with Crippen LogP contribution in [-0.4, -0.2) is 28.5 Å². The molecule has 0 aliphatic heterocycles. The molecule has 19 heavy (non-hydrogen) atoms. The molecule has 0 bridgehead atoms. The number of aromatic nitrogens is 1. The van der Waals surface area contributed by atoms with E-state index in [0.29, 0.717) is 18.5 Å². The summed E-state index contributed by atoms with van der Waals surface area (Å²) in [4.78, 5) is 35.4. The minimum Gasteiger partial charge on any atom is -0.481 e. The van der Waals surface area contributed by atoms with E-state index in [1.165, 1.54) is 12.3 Å². The highest BCUT2D eigenvalue weighted by Crippen LogP contribution is 2.02. The van der Waals surface area contributed by atoms with Gasteiger partial charge in [-0.3, -0.25) is 14.4 Å². The Morgan fingerprint density at radius 2 is 1.95 bits per heavy atom. The van der Waals surface area contributed by atoms with Gasteiger partial charge >= 0.3 is 5.97 Å². The lowest BCUT2D eigenvalue weighted by Gasteiger charge is -2.04. The van der Waals surface area contributed by atoms with Crippen LogP contribution in [0.25, 0.3) is 0 Å². The van der Waals surface area contributed by atoms with E-state index in [2.05, 4.69) is 10.3 Å². The largest absolute Gasteiger partial charge is 0.481 e. The Morgan fingerprint density at radius 1 is 1.21 bits per heavy atom. The fourth-order valence-corrected chi connectivity index (χ4v) is 1.64. The Kier molecular flexibility index (Phi) is 6.35. The van der Waals surface area contributed by atoms with Crippen molar-refractivity contribution in [2.45, 2.75) is 32.1 Å². The predicted octanol–water partition coefficient (Wildman–Crippen LogP) is 1.14. The molecule has 0 atom stereocenters. The highest BCUT2D eigenvalue weighted by atomic mass is 16.4. The Morgan fingerprint density at radius 3 is 2.63 bits per heavy atom. The van der Waals surface area contributed by atoms with Gasteiger partial charge in [0.05, 0.1) is 0 Å². The van der Waals surface area contributed by atoms with Crippen molar-refractivity contribution in [3.8, 4) is 0 Å². The van der Waals surface area contributed by atoms with Crippen molar-refractivity contribution >= 4 is 11.9 Å². The topological polar surface area (TPSA) is 99.3 Å². The van der Waals surface area contributed by atoms with Gasteiger partial charge in [0.1, 0.15) is 0 Å². The van der Waals surface area contributed by atoms with Gasteiger partial charge in [-0.05, 0) is 18.9 Å². The lowest BCUT2D eigenvalue weighted by molar-refractivity contribution is -0.137. The monoisotopic (exact) mass is 266 g/mol. The third-order valence-electron chi connectivity index (χ3n) is 2.64. The number of carbonyl (C=O) groups is 2.